The molecule has 2 amide bonds. The van der Waals surface area contributed by atoms with Crippen molar-refractivity contribution in [3.8, 4) is 0 Å². The highest BCUT2D eigenvalue weighted by Crippen LogP contribution is 2.09. The summed E-state index contributed by atoms with van der Waals surface area (Å²) in [5.74, 6) is -0.363. The van der Waals surface area contributed by atoms with Gasteiger partial charge in [0, 0.05) is 11.6 Å². The van der Waals surface area contributed by atoms with Gasteiger partial charge in [-0.05, 0) is 31.5 Å². The van der Waals surface area contributed by atoms with Crippen molar-refractivity contribution in [2.24, 2.45) is 0 Å². The molecule has 0 heterocycles. The zero-order valence-electron chi connectivity index (χ0n) is 10.5. The average molecular weight is 269 g/mol. The highest BCUT2D eigenvalue weighted by molar-refractivity contribution is 6.30. The lowest BCUT2D eigenvalue weighted by Crippen LogP contribution is -2.45. The minimum atomic E-state index is -0.523. The summed E-state index contributed by atoms with van der Waals surface area (Å²) in [4.78, 5) is 23.1. The zero-order valence-corrected chi connectivity index (χ0v) is 11.3. The first-order valence-electron chi connectivity index (χ1n) is 5.84. The third-order valence-electron chi connectivity index (χ3n) is 2.40. The molecule has 98 valence electrons. The molecule has 0 saturated heterocycles. The maximum atomic E-state index is 11.7. The molecule has 0 aliphatic heterocycles. The fourth-order valence-electron chi connectivity index (χ4n) is 1.47. The third-order valence-corrected chi connectivity index (χ3v) is 2.65. The van der Waals surface area contributed by atoms with Gasteiger partial charge in [0.2, 0.25) is 11.8 Å². The van der Waals surface area contributed by atoms with Crippen molar-refractivity contribution in [1.29, 1.82) is 0 Å². The van der Waals surface area contributed by atoms with E-state index in [9.17, 15) is 9.59 Å². The van der Waals surface area contributed by atoms with Gasteiger partial charge in [-0.15, -0.1) is 0 Å². The van der Waals surface area contributed by atoms with Crippen molar-refractivity contribution < 1.29 is 9.59 Å². The second kappa shape index (κ2) is 7.01. The number of hydrogen-bond donors (Lipinski definition) is 2. The van der Waals surface area contributed by atoms with Crippen LogP contribution in [0, 0.1) is 0 Å². The number of likely N-dealkylation sites (N-methyl/N-ethyl adjacent to an activating group) is 1. The summed E-state index contributed by atoms with van der Waals surface area (Å²) < 4.78 is 0. The highest BCUT2D eigenvalue weighted by Gasteiger charge is 2.14. The van der Waals surface area contributed by atoms with Gasteiger partial charge >= 0.3 is 0 Å². The van der Waals surface area contributed by atoms with Crippen LogP contribution in [0.2, 0.25) is 5.02 Å². The molecule has 1 aromatic carbocycles. The predicted molar refractivity (Wildman–Crippen MR) is 71.4 cm³/mol. The smallest absolute Gasteiger partial charge is 0.242 e. The lowest BCUT2D eigenvalue weighted by molar-refractivity contribution is -0.128. The molecule has 0 fully saturated rings. The molecule has 0 aliphatic rings. The SMILES string of the molecule is CCNC(=O)[C@H](C)NC(=O)Cc1ccc(Cl)cc1. The Kier molecular flexibility index (Phi) is 5.65. The molecule has 18 heavy (non-hydrogen) atoms. The number of halogens is 1. The maximum Gasteiger partial charge on any atom is 0.242 e. The van der Waals surface area contributed by atoms with E-state index in [2.05, 4.69) is 10.6 Å². The van der Waals surface area contributed by atoms with Crippen LogP contribution in [0.4, 0.5) is 0 Å². The van der Waals surface area contributed by atoms with Crippen LogP contribution in [0.3, 0.4) is 0 Å². The van der Waals surface area contributed by atoms with Gasteiger partial charge < -0.3 is 10.6 Å². The Balaban J connectivity index is 2.46. The van der Waals surface area contributed by atoms with Crippen LogP contribution in [-0.2, 0) is 16.0 Å². The molecule has 0 spiro atoms. The Morgan fingerprint density at radius 3 is 2.44 bits per heavy atom. The Labute approximate surface area is 112 Å². The van der Waals surface area contributed by atoms with Gasteiger partial charge in [0.1, 0.15) is 6.04 Å². The van der Waals surface area contributed by atoms with Crippen molar-refractivity contribution in [2.45, 2.75) is 26.3 Å². The lowest BCUT2D eigenvalue weighted by atomic mass is 10.1. The molecular formula is C13H17ClN2O2. The number of rotatable bonds is 5. The van der Waals surface area contributed by atoms with Crippen LogP contribution in [0.5, 0.6) is 0 Å². The molecule has 0 unspecified atom stereocenters. The number of nitrogens with one attached hydrogen (secondary N) is 2. The average Bonchev–Trinajstić information content (AvgIpc) is 2.32. The minimum absolute atomic E-state index is 0.179. The quantitative estimate of drug-likeness (QED) is 0.851. The molecule has 0 aliphatic carbocycles. The summed E-state index contributed by atoms with van der Waals surface area (Å²) in [5, 5.41) is 5.93. The minimum Gasteiger partial charge on any atom is -0.355 e. The van der Waals surface area contributed by atoms with Gasteiger partial charge in [-0.1, -0.05) is 23.7 Å². The second-order valence-corrected chi connectivity index (χ2v) is 4.42. The molecule has 5 heteroatoms. The van der Waals surface area contributed by atoms with Crippen molar-refractivity contribution in [1.82, 2.24) is 10.6 Å². The fraction of sp³-hybridized carbons (Fsp3) is 0.385. The van der Waals surface area contributed by atoms with E-state index in [0.717, 1.165) is 5.56 Å². The van der Waals surface area contributed by atoms with Gasteiger partial charge in [0.05, 0.1) is 6.42 Å². The van der Waals surface area contributed by atoms with Crippen molar-refractivity contribution in [2.75, 3.05) is 6.54 Å². The summed E-state index contributed by atoms with van der Waals surface area (Å²) in [7, 11) is 0. The zero-order chi connectivity index (χ0) is 13.5. The van der Waals surface area contributed by atoms with Gasteiger partial charge in [-0.25, -0.2) is 0 Å². The van der Waals surface area contributed by atoms with E-state index in [1.54, 1.807) is 31.2 Å². The summed E-state index contributed by atoms with van der Waals surface area (Å²) in [5.41, 5.74) is 0.861. The first-order chi connectivity index (χ1) is 8.52. The van der Waals surface area contributed by atoms with Crippen LogP contribution >= 0.6 is 11.6 Å². The Hall–Kier alpha value is -1.55. The molecule has 0 bridgehead atoms. The Morgan fingerprint density at radius 2 is 1.89 bits per heavy atom. The lowest BCUT2D eigenvalue weighted by Gasteiger charge is -2.13. The fourth-order valence-corrected chi connectivity index (χ4v) is 1.60. The van der Waals surface area contributed by atoms with Crippen LogP contribution in [0.15, 0.2) is 24.3 Å². The predicted octanol–water partition coefficient (Wildman–Crippen LogP) is 1.52. The van der Waals surface area contributed by atoms with Crippen LogP contribution < -0.4 is 10.6 Å². The molecule has 0 radical (unpaired) electrons. The third kappa shape index (κ3) is 4.75. The van der Waals surface area contributed by atoms with Gasteiger partial charge in [0.25, 0.3) is 0 Å². The van der Waals surface area contributed by atoms with Gasteiger partial charge in [-0.3, -0.25) is 9.59 Å². The first-order valence-corrected chi connectivity index (χ1v) is 6.22. The normalized spacial score (nSPS) is 11.7. The van der Waals surface area contributed by atoms with Crippen molar-refractivity contribution in [3.05, 3.63) is 34.9 Å². The van der Waals surface area contributed by atoms with Crippen LogP contribution in [0.1, 0.15) is 19.4 Å². The maximum absolute atomic E-state index is 11.7. The number of benzene rings is 1. The van der Waals surface area contributed by atoms with E-state index in [4.69, 9.17) is 11.6 Å². The molecule has 2 N–H and O–H groups in total. The number of amides is 2. The molecule has 0 aromatic heterocycles. The Morgan fingerprint density at radius 1 is 1.28 bits per heavy atom. The van der Waals surface area contributed by atoms with Crippen LogP contribution in [-0.4, -0.2) is 24.4 Å². The highest BCUT2D eigenvalue weighted by atomic mass is 35.5. The van der Waals surface area contributed by atoms with E-state index < -0.39 is 6.04 Å². The summed E-state index contributed by atoms with van der Waals surface area (Å²) in [6.07, 6.45) is 0.237. The van der Waals surface area contributed by atoms with Gasteiger partial charge in [0.15, 0.2) is 0 Å². The molecule has 4 nitrogen and oxygen atoms in total. The second-order valence-electron chi connectivity index (χ2n) is 3.99. The summed E-state index contributed by atoms with van der Waals surface area (Å²) in [6, 6.07) is 6.52. The molecular weight excluding hydrogens is 252 g/mol. The summed E-state index contributed by atoms with van der Waals surface area (Å²) >= 11 is 5.76. The van der Waals surface area contributed by atoms with Crippen LogP contribution in [0.25, 0.3) is 0 Å². The van der Waals surface area contributed by atoms with Crippen molar-refractivity contribution in [3.63, 3.8) is 0 Å². The topological polar surface area (TPSA) is 58.2 Å². The number of carbonyl (C=O) groups excluding carboxylic acids is 2. The standard InChI is InChI=1S/C13H17ClN2O2/c1-3-15-13(18)9(2)16-12(17)8-10-4-6-11(14)7-5-10/h4-7,9H,3,8H2,1-2H3,(H,15,18)(H,16,17)/t9-/m0/s1. The Bertz CT molecular complexity index is 418. The first kappa shape index (κ1) is 14.5. The monoisotopic (exact) mass is 268 g/mol. The van der Waals surface area contributed by atoms with E-state index >= 15 is 0 Å². The molecule has 1 aromatic rings. The van der Waals surface area contributed by atoms with E-state index in [-0.39, 0.29) is 18.2 Å². The molecule has 0 saturated carbocycles. The van der Waals surface area contributed by atoms with E-state index in [1.807, 2.05) is 6.92 Å². The van der Waals surface area contributed by atoms with Crippen molar-refractivity contribution >= 4 is 23.4 Å². The van der Waals surface area contributed by atoms with E-state index in [1.165, 1.54) is 0 Å². The van der Waals surface area contributed by atoms with Gasteiger partial charge in [-0.2, -0.15) is 0 Å². The molecule has 1 atom stereocenters. The summed E-state index contributed by atoms with van der Waals surface area (Å²) in [6.45, 7) is 4.04. The van der Waals surface area contributed by atoms with E-state index in [0.29, 0.717) is 11.6 Å². The largest absolute Gasteiger partial charge is 0.355 e. The number of hydrogen-bond acceptors (Lipinski definition) is 2. The molecule has 1 rings (SSSR count). The number of carbonyl (C=O) groups is 2.